The van der Waals surface area contributed by atoms with E-state index in [0.717, 1.165) is 17.8 Å². The number of rotatable bonds is 6. The molecular formula is C18H23N3O. The van der Waals surface area contributed by atoms with Gasteiger partial charge in [-0.25, -0.2) is 0 Å². The Balaban J connectivity index is 2.23. The van der Waals surface area contributed by atoms with Gasteiger partial charge in [-0.2, -0.15) is 0 Å². The molecule has 0 saturated heterocycles. The van der Waals surface area contributed by atoms with Crippen molar-refractivity contribution in [1.82, 2.24) is 9.88 Å². The molecule has 1 aromatic heterocycles. The van der Waals surface area contributed by atoms with Crippen molar-refractivity contribution < 1.29 is 4.79 Å². The summed E-state index contributed by atoms with van der Waals surface area (Å²) in [5, 5.41) is 3.38. The molecule has 1 amide bonds. The van der Waals surface area contributed by atoms with Gasteiger partial charge in [0.2, 0.25) is 0 Å². The Kier molecular flexibility index (Phi) is 5.53. The van der Waals surface area contributed by atoms with Crippen molar-refractivity contribution in [2.24, 2.45) is 0 Å². The van der Waals surface area contributed by atoms with Crippen LogP contribution >= 0.6 is 0 Å². The van der Waals surface area contributed by atoms with Crippen molar-refractivity contribution in [1.29, 1.82) is 0 Å². The molecule has 0 aliphatic carbocycles. The van der Waals surface area contributed by atoms with Crippen LogP contribution in [0.1, 0.15) is 36.8 Å². The first-order chi connectivity index (χ1) is 10.7. The topological polar surface area (TPSA) is 45.2 Å². The second kappa shape index (κ2) is 7.59. The SMILES string of the molecule is CCc1ccccc1Nc1ccnc(C(=O)N(CC)CC)c1. The second-order valence-corrected chi connectivity index (χ2v) is 5.04. The zero-order chi connectivity index (χ0) is 15.9. The van der Waals surface area contributed by atoms with Crippen molar-refractivity contribution in [3.8, 4) is 0 Å². The maximum Gasteiger partial charge on any atom is 0.272 e. The number of nitrogens with one attached hydrogen (secondary N) is 1. The van der Waals surface area contributed by atoms with Crippen LogP contribution in [0.5, 0.6) is 0 Å². The fourth-order valence-corrected chi connectivity index (χ4v) is 2.40. The largest absolute Gasteiger partial charge is 0.355 e. The average Bonchev–Trinajstić information content (AvgIpc) is 2.56. The monoisotopic (exact) mass is 297 g/mol. The number of nitrogens with zero attached hydrogens (tertiary/aromatic N) is 2. The van der Waals surface area contributed by atoms with E-state index in [0.29, 0.717) is 18.8 Å². The third-order valence-corrected chi connectivity index (χ3v) is 3.71. The second-order valence-electron chi connectivity index (χ2n) is 5.04. The number of anilines is 2. The standard InChI is InChI=1S/C18H23N3O/c1-4-14-9-7-8-10-16(14)20-15-11-12-19-17(13-15)18(22)21(5-2)6-3/h7-13H,4-6H2,1-3H3,(H,19,20). The number of benzene rings is 1. The van der Waals surface area contributed by atoms with Crippen LogP contribution in [0.4, 0.5) is 11.4 Å². The van der Waals surface area contributed by atoms with Crippen LogP contribution in [-0.4, -0.2) is 28.9 Å². The molecule has 1 heterocycles. The molecule has 1 aromatic carbocycles. The average molecular weight is 297 g/mol. The number of carbonyl (C=O) groups excluding carboxylic acids is 1. The van der Waals surface area contributed by atoms with Crippen molar-refractivity contribution >= 4 is 17.3 Å². The molecule has 2 rings (SSSR count). The van der Waals surface area contributed by atoms with Crippen LogP contribution in [0.25, 0.3) is 0 Å². The van der Waals surface area contributed by atoms with Gasteiger partial charge in [-0.3, -0.25) is 9.78 Å². The third-order valence-electron chi connectivity index (χ3n) is 3.71. The Labute approximate surface area is 132 Å². The number of para-hydroxylation sites is 1. The lowest BCUT2D eigenvalue weighted by atomic mass is 10.1. The van der Waals surface area contributed by atoms with Crippen LogP contribution in [-0.2, 0) is 6.42 Å². The number of pyridine rings is 1. The number of aromatic nitrogens is 1. The van der Waals surface area contributed by atoms with Gasteiger partial charge in [0.05, 0.1) is 0 Å². The zero-order valence-corrected chi connectivity index (χ0v) is 13.5. The number of hydrogen-bond donors (Lipinski definition) is 1. The predicted molar refractivity (Wildman–Crippen MR) is 90.6 cm³/mol. The molecule has 4 nitrogen and oxygen atoms in total. The highest BCUT2D eigenvalue weighted by atomic mass is 16.2. The van der Waals surface area contributed by atoms with E-state index in [4.69, 9.17) is 0 Å². The van der Waals surface area contributed by atoms with E-state index in [-0.39, 0.29) is 5.91 Å². The molecular weight excluding hydrogens is 274 g/mol. The van der Waals surface area contributed by atoms with E-state index in [1.165, 1.54) is 5.56 Å². The summed E-state index contributed by atoms with van der Waals surface area (Å²) in [6.07, 6.45) is 2.63. The minimum atomic E-state index is -0.0302. The van der Waals surface area contributed by atoms with E-state index in [1.807, 2.05) is 44.2 Å². The summed E-state index contributed by atoms with van der Waals surface area (Å²) in [6.45, 7) is 7.45. The Bertz CT molecular complexity index is 636. The highest BCUT2D eigenvalue weighted by Gasteiger charge is 2.14. The summed E-state index contributed by atoms with van der Waals surface area (Å²) in [6, 6.07) is 11.9. The summed E-state index contributed by atoms with van der Waals surface area (Å²) < 4.78 is 0. The van der Waals surface area contributed by atoms with Gasteiger partial charge in [0, 0.05) is 30.7 Å². The van der Waals surface area contributed by atoms with Gasteiger partial charge >= 0.3 is 0 Å². The van der Waals surface area contributed by atoms with Crippen LogP contribution in [0, 0.1) is 0 Å². The summed E-state index contributed by atoms with van der Waals surface area (Å²) in [7, 11) is 0. The van der Waals surface area contributed by atoms with Gasteiger partial charge in [0.25, 0.3) is 5.91 Å². The lowest BCUT2D eigenvalue weighted by Crippen LogP contribution is -2.31. The van der Waals surface area contributed by atoms with Crippen LogP contribution in [0.3, 0.4) is 0 Å². The van der Waals surface area contributed by atoms with E-state index < -0.39 is 0 Å². The smallest absolute Gasteiger partial charge is 0.272 e. The lowest BCUT2D eigenvalue weighted by molar-refractivity contribution is 0.0767. The molecule has 0 spiro atoms. The first-order valence-corrected chi connectivity index (χ1v) is 7.79. The summed E-state index contributed by atoms with van der Waals surface area (Å²) in [4.78, 5) is 18.3. The molecule has 116 valence electrons. The number of hydrogen-bond acceptors (Lipinski definition) is 3. The molecule has 4 heteroatoms. The van der Waals surface area contributed by atoms with Crippen LogP contribution in [0.2, 0.25) is 0 Å². The Morgan fingerprint density at radius 1 is 1.14 bits per heavy atom. The van der Waals surface area contributed by atoms with Crippen LogP contribution in [0.15, 0.2) is 42.6 Å². The van der Waals surface area contributed by atoms with E-state index in [2.05, 4.69) is 23.3 Å². The molecule has 22 heavy (non-hydrogen) atoms. The van der Waals surface area contributed by atoms with E-state index in [9.17, 15) is 4.79 Å². The minimum Gasteiger partial charge on any atom is -0.355 e. The van der Waals surface area contributed by atoms with Crippen molar-refractivity contribution in [2.75, 3.05) is 18.4 Å². The highest BCUT2D eigenvalue weighted by Crippen LogP contribution is 2.21. The van der Waals surface area contributed by atoms with Gasteiger partial charge in [-0.15, -0.1) is 0 Å². The number of carbonyl (C=O) groups is 1. The van der Waals surface area contributed by atoms with Crippen LogP contribution < -0.4 is 5.32 Å². The summed E-state index contributed by atoms with van der Waals surface area (Å²) in [5.41, 5.74) is 3.67. The Morgan fingerprint density at radius 2 is 1.86 bits per heavy atom. The molecule has 0 aliphatic rings. The van der Waals surface area contributed by atoms with Crippen molar-refractivity contribution in [3.05, 3.63) is 53.9 Å². The van der Waals surface area contributed by atoms with E-state index >= 15 is 0 Å². The Morgan fingerprint density at radius 3 is 2.55 bits per heavy atom. The fourth-order valence-electron chi connectivity index (χ4n) is 2.40. The molecule has 1 N–H and O–H groups in total. The number of amides is 1. The molecule has 0 fully saturated rings. The zero-order valence-electron chi connectivity index (χ0n) is 13.5. The summed E-state index contributed by atoms with van der Waals surface area (Å²) >= 11 is 0. The van der Waals surface area contributed by atoms with Crippen molar-refractivity contribution in [3.63, 3.8) is 0 Å². The normalized spacial score (nSPS) is 10.3. The maximum absolute atomic E-state index is 12.4. The molecule has 0 saturated carbocycles. The first-order valence-electron chi connectivity index (χ1n) is 7.79. The first kappa shape index (κ1) is 16.0. The molecule has 0 atom stereocenters. The van der Waals surface area contributed by atoms with Crippen molar-refractivity contribution in [2.45, 2.75) is 27.2 Å². The molecule has 2 aromatic rings. The molecule has 0 radical (unpaired) electrons. The number of aryl methyl sites for hydroxylation is 1. The predicted octanol–water partition coefficient (Wildman–Crippen LogP) is 3.87. The third kappa shape index (κ3) is 3.64. The molecule has 0 bridgehead atoms. The minimum absolute atomic E-state index is 0.0302. The Hall–Kier alpha value is -2.36. The molecule has 0 unspecified atom stereocenters. The summed E-state index contributed by atoms with van der Waals surface area (Å²) in [5.74, 6) is -0.0302. The van der Waals surface area contributed by atoms with Gasteiger partial charge in [-0.05, 0) is 44.0 Å². The highest BCUT2D eigenvalue weighted by molar-refractivity contribution is 5.93. The van der Waals surface area contributed by atoms with E-state index in [1.54, 1.807) is 11.1 Å². The molecule has 0 aliphatic heterocycles. The lowest BCUT2D eigenvalue weighted by Gasteiger charge is -2.18. The van der Waals surface area contributed by atoms with Gasteiger partial charge < -0.3 is 10.2 Å². The van der Waals surface area contributed by atoms with Gasteiger partial charge in [0.15, 0.2) is 0 Å². The fraction of sp³-hybridized carbons (Fsp3) is 0.333. The quantitative estimate of drug-likeness (QED) is 0.880. The van der Waals surface area contributed by atoms with Gasteiger partial charge in [-0.1, -0.05) is 25.1 Å². The van der Waals surface area contributed by atoms with Gasteiger partial charge in [0.1, 0.15) is 5.69 Å². The maximum atomic E-state index is 12.4.